The van der Waals surface area contributed by atoms with Gasteiger partial charge in [-0.2, -0.15) is 0 Å². The predicted molar refractivity (Wildman–Crippen MR) is 129 cm³/mol. The zero-order chi connectivity index (χ0) is 20.5. The number of hydrogen-bond donors (Lipinski definition) is 1. The van der Waals surface area contributed by atoms with Gasteiger partial charge in [0.2, 0.25) is 0 Å². The molecule has 2 aromatic heterocycles. The summed E-state index contributed by atoms with van der Waals surface area (Å²) in [7, 11) is 0. The fourth-order valence-corrected chi connectivity index (χ4v) is 4.73. The lowest BCUT2D eigenvalue weighted by molar-refractivity contribution is 0.591. The summed E-state index contributed by atoms with van der Waals surface area (Å²) in [5.74, 6) is 0. The average Bonchev–Trinajstić information content (AvgIpc) is 3.28. The first-order chi connectivity index (χ1) is 14.5. The van der Waals surface area contributed by atoms with E-state index in [4.69, 9.17) is 0 Å². The molecule has 2 heterocycles. The van der Waals surface area contributed by atoms with Crippen molar-refractivity contribution in [1.29, 1.82) is 0 Å². The van der Waals surface area contributed by atoms with Crippen molar-refractivity contribution in [2.24, 2.45) is 0 Å². The summed E-state index contributed by atoms with van der Waals surface area (Å²) < 4.78 is 2.42. The molecule has 0 unspecified atom stereocenters. The minimum absolute atomic E-state index is 0.105. The molecule has 146 valence electrons. The Hall–Kier alpha value is -3.52. The molecule has 0 saturated carbocycles. The highest BCUT2D eigenvalue weighted by Gasteiger charge is 2.21. The van der Waals surface area contributed by atoms with Gasteiger partial charge in [0.25, 0.3) is 0 Å². The summed E-state index contributed by atoms with van der Waals surface area (Å²) in [5.41, 5.74) is 7.55. The summed E-state index contributed by atoms with van der Waals surface area (Å²) in [5, 5.41) is 5.13. The molecule has 0 amide bonds. The summed E-state index contributed by atoms with van der Waals surface area (Å²) >= 11 is 0. The fourth-order valence-electron chi connectivity index (χ4n) is 4.73. The first kappa shape index (κ1) is 17.3. The van der Waals surface area contributed by atoms with Crippen LogP contribution in [0.25, 0.3) is 49.3 Å². The minimum atomic E-state index is 0.105. The van der Waals surface area contributed by atoms with Gasteiger partial charge in [0.05, 0.1) is 16.6 Å². The topological polar surface area (TPSA) is 20.7 Å². The van der Waals surface area contributed by atoms with Crippen LogP contribution < -0.4 is 0 Å². The molecule has 0 spiro atoms. The van der Waals surface area contributed by atoms with Gasteiger partial charge in [-0.05, 0) is 52.1 Å². The number of aromatic nitrogens is 2. The molecule has 0 atom stereocenters. The second-order valence-electron chi connectivity index (χ2n) is 9.21. The van der Waals surface area contributed by atoms with E-state index < -0.39 is 0 Å². The van der Waals surface area contributed by atoms with Gasteiger partial charge in [-0.25, -0.2) is 0 Å². The van der Waals surface area contributed by atoms with Crippen LogP contribution in [0.2, 0.25) is 0 Å². The minimum Gasteiger partial charge on any atom is -0.353 e. The zero-order valence-electron chi connectivity index (χ0n) is 17.5. The van der Waals surface area contributed by atoms with Gasteiger partial charge in [-0.3, -0.25) is 0 Å². The maximum atomic E-state index is 3.76. The van der Waals surface area contributed by atoms with Crippen molar-refractivity contribution in [3.8, 4) is 5.69 Å². The van der Waals surface area contributed by atoms with Crippen molar-refractivity contribution in [2.75, 3.05) is 0 Å². The maximum absolute atomic E-state index is 3.76. The number of rotatable bonds is 1. The lowest BCUT2D eigenvalue weighted by Gasteiger charge is -2.19. The van der Waals surface area contributed by atoms with Gasteiger partial charge >= 0.3 is 0 Å². The number of aromatic amines is 1. The van der Waals surface area contributed by atoms with Crippen molar-refractivity contribution in [3.63, 3.8) is 0 Å². The summed E-state index contributed by atoms with van der Waals surface area (Å²) in [6.07, 6.45) is 0. The molecular formula is C28H24N2. The fraction of sp³-hybridized carbons (Fsp3) is 0.143. The lowest BCUT2D eigenvalue weighted by atomic mass is 9.86. The number of benzene rings is 4. The molecule has 0 saturated heterocycles. The van der Waals surface area contributed by atoms with Crippen LogP contribution in [0.5, 0.6) is 0 Å². The Morgan fingerprint density at radius 3 is 2.30 bits per heavy atom. The second kappa shape index (κ2) is 5.99. The number of para-hydroxylation sites is 1. The number of nitrogens with zero attached hydrogens (tertiary/aromatic N) is 1. The molecule has 4 aromatic carbocycles. The van der Waals surface area contributed by atoms with Crippen molar-refractivity contribution in [2.45, 2.75) is 26.2 Å². The number of H-pyrrole nitrogens is 1. The third kappa shape index (κ3) is 2.37. The van der Waals surface area contributed by atoms with E-state index in [2.05, 4.69) is 115 Å². The number of nitrogens with one attached hydrogen (secondary N) is 1. The Balaban J connectivity index is 1.87. The van der Waals surface area contributed by atoms with Crippen LogP contribution in [0.3, 0.4) is 0 Å². The van der Waals surface area contributed by atoms with Crippen molar-refractivity contribution in [3.05, 3.63) is 90.5 Å². The van der Waals surface area contributed by atoms with Crippen LogP contribution in [0, 0.1) is 0 Å². The zero-order valence-corrected chi connectivity index (χ0v) is 17.5. The number of hydrogen-bond acceptors (Lipinski definition) is 0. The Morgan fingerprint density at radius 1 is 0.733 bits per heavy atom. The Kier molecular flexibility index (Phi) is 3.47. The average molecular weight is 389 g/mol. The molecule has 0 aliphatic rings. The van der Waals surface area contributed by atoms with E-state index in [1.807, 2.05) is 0 Å². The summed E-state index contributed by atoms with van der Waals surface area (Å²) in [6, 6.07) is 30.7. The smallest absolute Gasteiger partial charge is 0.0804 e. The van der Waals surface area contributed by atoms with E-state index in [1.54, 1.807) is 0 Å². The van der Waals surface area contributed by atoms with E-state index in [0.717, 1.165) is 0 Å². The van der Waals surface area contributed by atoms with Crippen LogP contribution in [-0.4, -0.2) is 9.55 Å². The van der Waals surface area contributed by atoms with E-state index >= 15 is 0 Å². The second-order valence-corrected chi connectivity index (χ2v) is 9.21. The third-order valence-corrected chi connectivity index (χ3v) is 6.27. The molecule has 0 aliphatic heterocycles. The largest absolute Gasteiger partial charge is 0.353 e. The van der Waals surface area contributed by atoms with Crippen molar-refractivity contribution < 1.29 is 0 Å². The molecule has 6 rings (SSSR count). The lowest BCUT2D eigenvalue weighted by Crippen LogP contribution is -2.10. The monoisotopic (exact) mass is 388 g/mol. The predicted octanol–water partition coefficient (Wildman–Crippen LogP) is 7.72. The Bertz CT molecular complexity index is 1560. The Labute approximate surface area is 175 Å². The van der Waals surface area contributed by atoms with Crippen molar-refractivity contribution in [1.82, 2.24) is 9.55 Å². The van der Waals surface area contributed by atoms with Crippen LogP contribution >= 0.6 is 0 Å². The Morgan fingerprint density at radius 2 is 1.50 bits per heavy atom. The molecular weight excluding hydrogens is 364 g/mol. The van der Waals surface area contributed by atoms with E-state index in [-0.39, 0.29) is 5.41 Å². The first-order valence-corrected chi connectivity index (χ1v) is 10.6. The molecule has 2 nitrogen and oxygen atoms in total. The van der Waals surface area contributed by atoms with Gasteiger partial charge < -0.3 is 9.55 Å². The van der Waals surface area contributed by atoms with Gasteiger partial charge in [0, 0.05) is 22.0 Å². The van der Waals surface area contributed by atoms with Crippen LogP contribution in [0.15, 0.2) is 84.9 Å². The van der Waals surface area contributed by atoms with Gasteiger partial charge in [-0.1, -0.05) is 75.4 Å². The quantitative estimate of drug-likeness (QED) is 0.298. The van der Waals surface area contributed by atoms with Crippen LogP contribution in [0.4, 0.5) is 0 Å². The molecule has 0 fully saturated rings. The van der Waals surface area contributed by atoms with E-state index in [9.17, 15) is 0 Å². The molecule has 0 radical (unpaired) electrons. The molecule has 0 bridgehead atoms. The molecule has 0 aliphatic carbocycles. The normalized spacial score (nSPS) is 12.5. The summed E-state index contributed by atoms with van der Waals surface area (Å²) in [4.78, 5) is 3.76. The standard InChI is InChI=1S/C28H24N2/c1-28(2,3)19-14-16-24-22(17-19)26-27(30(24)20-10-5-4-6-11-20)25-21-12-8-7-9-18(21)13-15-23(25)29-26/h4-17,29H,1-3H3. The van der Waals surface area contributed by atoms with Crippen LogP contribution in [-0.2, 0) is 5.41 Å². The highest BCUT2D eigenvalue weighted by atomic mass is 15.0. The molecule has 6 aromatic rings. The van der Waals surface area contributed by atoms with Gasteiger partial charge in [0.15, 0.2) is 0 Å². The van der Waals surface area contributed by atoms with Gasteiger partial charge in [0.1, 0.15) is 0 Å². The molecule has 1 N–H and O–H groups in total. The van der Waals surface area contributed by atoms with Crippen LogP contribution in [0.1, 0.15) is 26.3 Å². The third-order valence-electron chi connectivity index (χ3n) is 6.27. The highest BCUT2D eigenvalue weighted by Crippen LogP contribution is 2.40. The van der Waals surface area contributed by atoms with Gasteiger partial charge in [-0.15, -0.1) is 0 Å². The molecule has 30 heavy (non-hydrogen) atoms. The van der Waals surface area contributed by atoms with E-state index in [0.29, 0.717) is 0 Å². The molecule has 2 heteroatoms. The first-order valence-electron chi connectivity index (χ1n) is 10.6. The summed E-state index contributed by atoms with van der Waals surface area (Å²) in [6.45, 7) is 6.83. The van der Waals surface area contributed by atoms with E-state index in [1.165, 1.54) is 54.9 Å². The number of fused-ring (bicyclic) bond motifs is 7. The maximum Gasteiger partial charge on any atom is 0.0804 e. The van der Waals surface area contributed by atoms with Crippen molar-refractivity contribution >= 4 is 43.6 Å². The SMILES string of the molecule is CC(C)(C)c1ccc2c(c1)c1[nH]c3ccc4ccccc4c3c1n2-c1ccccc1. The highest BCUT2D eigenvalue weighted by molar-refractivity contribution is 6.25.